The lowest BCUT2D eigenvalue weighted by Crippen LogP contribution is -2.21. The molecule has 0 amide bonds. The van der Waals surface area contributed by atoms with Crippen LogP contribution >= 0.6 is 0 Å². The van der Waals surface area contributed by atoms with Gasteiger partial charge in [0.2, 0.25) is 0 Å². The predicted molar refractivity (Wildman–Crippen MR) is 107 cm³/mol. The molecule has 0 bridgehead atoms. The lowest BCUT2D eigenvalue weighted by atomic mass is 10.0. The molecule has 1 heterocycles. The van der Waals surface area contributed by atoms with Crippen LogP contribution < -0.4 is 0 Å². The summed E-state index contributed by atoms with van der Waals surface area (Å²) in [5, 5.41) is 10.2. The number of carbonyl (C=O) groups excluding carboxylic acids is 1. The van der Waals surface area contributed by atoms with Crippen molar-refractivity contribution in [1.29, 1.82) is 0 Å². The molecule has 27 heavy (non-hydrogen) atoms. The molecule has 0 aromatic heterocycles. The molecule has 1 aliphatic heterocycles. The van der Waals surface area contributed by atoms with Crippen molar-refractivity contribution in [3.05, 3.63) is 12.2 Å². The third-order valence-corrected chi connectivity index (χ3v) is 4.95. The van der Waals surface area contributed by atoms with Crippen molar-refractivity contribution in [3.8, 4) is 0 Å². The number of ether oxygens (including phenoxy) is 3. The maximum atomic E-state index is 11.0. The van der Waals surface area contributed by atoms with Gasteiger partial charge in [-0.05, 0) is 33.1 Å². The maximum Gasteiger partial charge on any atom is 0.305 e. The van der Waals surface area contributed by atoms with Crippen LogP contribution in [0.4, 0.5) is 0 Å². The molecule has 1 rings (SSSR count). The Bertz CT molecular complexity index is 432. The molecule has 1 fully saturated rings. The monoisotopic (exact) mass is 384 g/mol. The highest BCUT2D eigenvalue weighted by Gasteiger charge is 2.39. The van der Waals surface area contributed by atoms with Gasteiger partial charge in [-0.15, -0.1) is 0 Å². The molecule has 0 spiro atoms. The fraction of sp³-hybridized carbons (Fsp3) is 0.864. The summed E-state index contributed by atoms with van der Waals surface area (Å²) in [6, 6.07) is 0. The van der Waals surface area contributed by atoms with Gasteiger partial charge in [-0.25, -0.2) is 0 Å². The minimum Gasteiger partial charge on any atom is -0.469 e. The number of rotatable bonds is 14. The molecule has 0 aromatic rings. The van der Waals surface area contributed by atoms with Gasteiger partial charge in [0.1, 0.15) is 6.10 Å². The van der Waals surface area contributed by atoms with Crippen molar-refractivity contribution in [2.24, 2.45) is 0 Å². The molecule has 5 nitrogen and oxygen atoms in total. The number of methoxy groups -OCH3 is 1. The number of hydrogen-bond acceptors (Lipinski definition) is 5. The number of unbranched alkanes of at least 4 members (excludes halogenated alkanes) is 6. The zero-order valence-corrected chi connectivity index (χ0v) is 17.7. The first-order valence-corrected chi connectivity index (χ1v) is 10.7. The molecule has 1 saturated heterocycles. The van der Waals surface area contributed by atoms with Crippen LogP contribution in [0.1, 0.15) is 91.4 Å². The van der Waals surface area contributed by atoms with Crippen molar-refractivity contribution in [3.63, 3.8) is 0 Å². The Balaban J connectivity index is 2.22. The highest BCUT2D eigenvalue weighted by Crippen LogP contribution is 2.31. The van der Waals surface area contributed by atoms with Gasteiger partial charge in [-0.3, -0.25) is 4.79 Å². The Labute approximate surface area is 165 Å². The van der Waals surface area contributed by atoms with Crippen LogP contribution in [0.2, 0.25) is 0 Å². The number of aliphatic hydroxyl groups excluding tert-OH is 1. The molecule has 0 radical (unpaired) electrons. The Morgan fingerprint density at radius 1 is 1.11 bits per heavy atom. The van der Waals surface area contributed by atoms with E-state index >= 15 is 0 Å². The molecule has 1 N–H and O–H groups in total. The van der Waals surface area contributed by atoms with Gasteiger partial charge in [0.25, 0.3) is 0 Å². The van der Waals surface area contributed by atoms with E-state index < -0.39 is 11.9 Å². The summed E-state index contributed by atoms with van der Waals surface area (Å²) in [4.78, 5) is 11.0. The molecule has 0 aliphatic carbocycles. The molecule has 3 atom stereocenters. The standard InChI is InChI=1S/C22H40O5/c1-5-6-10-14-19-20(27-22(2,3)26-19)17-16-18(23)13-11-8-7-9-12-15-21(24)25-4/h16-20,23H,5-15H2,1-4H3/b17-16+. The van der Waals surface area contributed by atoms with E-state index in [0.717, 1.165) is 51.4 Å². The smallest absolute Gasteiger partial charge is 0.305 e. The van der Waals surface area contributed by atoms with Gasteiger partial charge in [0.05, 0.1) is 19.3 Å². The van der Waals surface area contributed by atoms with E-state index in [1.807, 2.05) is 26.0 Å². The normalized spacial score (nSPS) is 23.0. The Hall–Kier alpha value is -0.910. The van der Waals surface area contributed by atoms with Crippen molar-refractivity contribution in [2.45, 2.75) is 115 Å². The van der Waals surface area contributed by atoms with Gasteiger partial charge in [-0.1, -0.05) is 64.0 Å². The molecular formula is C22H40O5. The lowest BCUT2D eigenvalue weighted by Gasteiger charge is -2.16. The van der Waals surface area contributed by atoms with Crippen LogP contribution in [0.25, 0.3) is 0 Å². The number of carbonyl (C=O) groups is 1. The summed E-state index contributed by atoms with van der Waals surface area (Å²) < 4.78 is 16.6. The molecule has 0 saturated carbocycles. The first-order valence-electron chi connectivity index (χ1n) is 10.7. The van der Waals surface area contributed by atoms with Crippen LogP contribution in [0.3, 0.4) is 0 Å². The minimum atomic E-state index is -0.555. The molecule has 1 aliphatic rings. The number of aliphatic hydroxyl groups is 1. The van der Waals surface area contributed by atoms with Gasteiger partial charge in [0, 0.05) is 6.42 Å². The zero-order valence-electron chi connectivity index (χ0n) is 17.7. The Morgan fingerprint density at radius 3 is 2.52 bits per heavy atom. The van der Waals surface area contributed by atoms with Crippen molar-refractivity contribution in [2.75, 3.05) is 7.11 Å². The molecule has 158 valence electrons. The van der Waals surface area contributed by atoms with Crippen LogP contribution in [-0.4, -0.2) is 42.3 Å². The second-order valence-corrected chi connectivity index (χ2v) is 7.97. The summed E-state index contributed by atoms with van der Waals surface area (Å²) in [6.45, 7) is 6.09. The van der Waals surface area contributed by atoms with E-state index in [1.165, 1.54) is 20.0 Å². The van der Waals surface area contributed by atoms with Crippen molar-refractivity contribution < 1.29 is 24.1 Å². The van der Waals surface area contributed by atoms with Crippen LogP contribution in [-0.2, 0) is 19.0 Å². The molecular weight excluding hydrogens is 344 g/mol. The van der Waals surface area contributed by atoms with E-state index in [4.69, 9.17) is 9.47 Å². The van der Waals surface area contributed by atoms with Gasteiger partial charge < -0.3 is 19.3 Å². The number of hydrogen-bond donors (Lipinski definition) is 1. The minimum absolute atomic E-state index is 0.0739. The topological polar surface area (TPSA) is 65.0 Å². The summed E-state index contributed by atoms with van der Waals surface area (Å²) in [7, 11) is 1.42. The summed E-state index contributed by atoms with van der Waals surface area (Å²) >= 11 is 0. The van der Waals surface area contributed by atoms with Crippen molar-refractivity contribution >= 4 is 5.97 Å². The van der Waals surface area contributed by atoms with E-state index in [0.29, 0.717) is 6.42 Å². The quantitative estimate of drug-likeness (QED) is 0.262. The summed E-state index contributed by atoms with van der Waals surface area (Å²) in [5.41, 5.74) is 0. The Morgan fingerprint density at radius 2 is 1.81 bits per heavy atom. The fourth-order valence-electron chi connectivity index (χ4n) is 3.43. The zero-order chi connectivity index (χ0) is 20.1. The van der Waals surface area contributed by atoms with Crippen LogP contribution in [0.5, 0.6) is 0 Å². The fourth-order valence-corrected chi connectivity index (χ4v) is 3.43. The number of esters is 1. The summed E-state index contributed by atoms with van der Waals surface area (Å²) in [6.07, 6.45) is 14.2. The van der Waals surface area contributed by atoms with Crippen molar-refractivity contribution in [1.82, 2.24) is 0 Å². The highest BCUT2D eigenvalue weighted by atomic mass is 16.7. The lowest BCUT2D eigenvalue weighted by molar-refractivity contribution is -0.143. The van der Waals surface area contributed by atoms with Gasteiger partial charge in [-0.2, -0.15) is 0 Å². The van der Waals surface area contributed by atoms with Crippen LogP contribution in [0.15, 0.2) is 12.2 Å². The SMILES string of the molecule is CCCCCC1OC(C)(C)OC1/C=C/C(O)CCCCCCCC(=O)OC. The molecule has 0 aromatic carbocycles. The second kappa shape index (κ2) is 13.3. The second-order valence-electron chi connectivity index (χ2n) is 7.97. The largest absolute Gasteiger partial charge is 0.469 e. The first-order chi connectivity index (χ1) is 12.9. The molecule has 3 unspecified atom stereocenters. The third kappa shape index (κ3) is 10.9. The van der Waals surface area contributed by atoms with E-state index in [1.54, 1.807) is 0 Å². The average molecular weight is 385 g/mol. The van der Waals surface area contributed by atoms with E-state index in [2.05, 4.69) is 11.7 Å². The summed E-state index contributed by atoms with van der Waals surface area (Å²) in [5.74, 6) is -0.689. The average Bonchev–Trinajstić information content (AvgIpc) is 2.92. The highest BCUT2D eigenvalue weighted by molar-refractivity contribution is 5.68. The van der Waals surface area contributed by atoms with Crippen LogP contribution in [0, 0.1) is 0 Å². The first kappa shape index (κ1) is 24.1. The Kier molecular flexibility index (Phi) is 11.9. The predicted octanol–water partition coefficient (Wildman–Crippen LogP) is 4.91. The maximum absolute atomic E-state index is 11.0. The van der Waals surface area contributed by atoms with Gasteiger partial charge >= 0.3 is 5.97 Å². The third-order valence-electron chi connectivity index (χ3n) is 4.95. The van der Waals surface area contributed by atoms with Gasteiger partial charge in [0.15, 0.2) is 5.79 Å². The van der Waals surface area contributed by atoms with E-state index in [9.17, 15) is 9.90 Å². The van der Waals surface area contributed by atoms with E-state index in [-0.39, 0.29) is 18.2 Å². The molecule has 5 heteroatoms.